The van der Waals surface area contributed by atoms with Gasteiger partial charge in [0.15, 0.2) is 5.78 Å². The molecule has 0 spiro atoms. The summed E-state index contributed by atoms with van der Waals surface area (Å²) < 4.78 is 11.3. The van der Waals surface area contributed by atoms with Gasteiger partial charge in [0.05, 0.1) is 0 Å². The van der Waals surface area contributed by atoms with Gasteiger partial charge in [-0.05, 0) is 74.6 Å². The number of rotatable bonds is 3. The maximum absolute atomic E-state index is 13.1. The van der Waals surface area contributed by atoms with E-state index in [1.54, 1.807) is 0 Å². The zero-order chi connectivity index (χ0) is 18.8. The maximum Gasteiger partial charge on any atom is 0.185 e. The number of hydrogen-bond acceptors (Lipinski definition) is 3. The Morgan fingerprint density at radius 2 is 1.30 bits per heavy atom. The van der Waals surface area contributed by atoms with Crippen LogP contribution in [0.4, 0.5) is 0 Å². The summed E-state index contributed by atoms with van der Waals surface area (Å²) in [4.78, 5) is 13.1. The lowest BCUT2D eigenvalue weighted by Gasteiger charge is -2.26. The van der Waals surface area contributed by atoms with Crippen molar-refractivity contribution < 1.29 is 13.6 Å². The second-order valence-electron chi connectivity index (χ2n) is 7.08. The number of carbonyl (C=O) groups is 1. The van der Waals surface area contributed by atoms with E-state index >= 15 is 0 Å². The highest BCUT2D eigenvalue weighted by Gasteiger charge is 2.29. The van der Waals surface area contributed by atoms with E-state index in [1.807, 2.05) is 68.5 Å². The second kappa shape index (κ2) is 7.28. The van der Waals surface area contributed by atoms with Gasteiger partial charge in [-0.1, -0.05) is 30.3 Å². The van der Waals surface area contributed by atoms with E-state index in [1.165, 1.54) is 5.56 Å². The van der Waals surface area contributed by atoms with Crippen LogP contribution in [0.2, 0.25) is 0 Å². The lowest BCUT2D eigenvalue weighted by molar-refractivity contribution is -0.113. The molecule has 1 fully saturated rings. The average molecular weight is 358 g/mol. The summed E-state index contributed by atoms with van der Waals surface area (Å²) in [6, 6.07) is 18.0. The summed E-state index contributed by atoms with van der Waals surface area (Å²) in [6.07, 6.45) is 5.17. The molecule has 0 aliphatic heterocycles. The van der Waals surface area contributed by atoms with Gasteiger partial charge in [0.25, 0.3) is 0 Å². The van der Waals surface area contributed by atoms with Crippen LogP contribution >= 0.6 is 0 Å². The van der Waals surface area contributed by atoms with Crippen LogP contribution in [0, 0.1) is 13.8 Å². The van der Waals surface area contributed by atoms with Crippen molar-refractivity contribution in [3.8, 4) is 0 Å². The molecule has 4 rings (SSSR count). The Labute approximate surface area is 159 Å². The first-order chi connectivity index (χ1) is 13.1. The normalized spacial score (nSPS) is 20.5. The highest BCUT2D eigenvalue weighted by molar-refractivity contribution is 6.14. The molecule has 2 heterocycles. The molecule has 136 valence electrons. The molecule has 1 aliphatic carbocycles. The van der Waals surface area contributed by atoms with Crippen LogP contribution in [0.5, 0.6) is 0 Å². The van der Waals surface area contributed by atoms with E-state index in [9.17, 15) is 4.79 Å². The quantitative estimate of drug-likeness (QED) is 0.531. The summed E-state index contributed by atoms with van der Waals surface area (Å²) >= 11 is 0. The van der Waals surface area contributed by atoms with Crippen molar-refractivity contribution in [2.45, 2.75) is 32.6 Å². The maximum atomic E-state index is 13.1. The molecule has 27 heavy (non-hydrogen) atoms. The summed E-state index contributed by atoms with van der Waals surface area (Å²) in [7, 11) is 0. The van der Waals surface area contributed by atoms with E-state index in [4.69, 9.17) is 8.83 Å². The topological polar surface area (TPSA) is 43.4 Å². The molecule has 1 aliphatic rings. The number of benzene rings is 1. The molecule has 1 saturated carbocycles. The molecule has 0 unspecified atom stereocenters. The summed E-state index contributed by atoms with van der Waals surface area (Å²) in [5, 5.41) is 0. The molecule has 0 N–H and O–H groups in total. The van der Waals surface area contributed by atoms with Gasteiger partial charge >= 0.3 is 0 Å². The van der Waals surface area contributed by atoms with Gasteiger partial charge in [-0.25, -0.2) is 0 Å². The highest BCUT2D eigenvalue weighted by Crippen LogP contribution is 2.38. The van der Waals surface area contributed by atoms with Gasteiger partial charge in [-0.3, -0.25) is 4.79 Å². The van der Waals surface area contributed by atoms with Crippen molar-refractivity contribution in [1.82, 2.24) is 0 Å². The Morgan fingerprint density at radius 1 is 0.778 bits per heavy atom. The van der Waals surface area contributed by atoms with Crippen LogP contribution in [0.1, 0.15) is 47.4 Å². The van der Waals surface area contributed by atoms with Crippen LogP contribution in [0.3, 0.4) is 0 Å². The fourth-order valence-corrected chi connectivity index (χ4v) is 3.61. The zero-order valence-electron chi connectivity index (χ0n) is 15.6. The van der Waals surface area contributed by atoms with Gasteiger partial charge in [-0.15, -0.1) is 0 Å². The van der Waals surface area contributed by atoms with E-state index in [0.29, 0.717) is 12.8 Å². The first-order valence-corrected chi connectivity index (χ1v) is 9.22. The third-order valence-corrected chi connectivity index (χ3v) is 4.94. The van der Waals surface area contributed by atoms with Crippen molar-refractivity contribution >= 4 is 17.9 Å². The fraction of sp³-hybridized carbons (Fsp3) is 0.208. The smallest absolute Gasteiger partial charge is 0.185 e. The number of ketones is 1. The Hall–Kier alpha value is -3.07. The number of Topliss-reactive ketones (excluding diaryl/α,β-unsaturated/α-hetero) is 1. The standard InChI is InChI=1S/C24H22O3/c1-16-8-10-22(26-16)14-20-12-19(18-6-4-3-5-7-18)13-21(24(20)25)15-23-11-9-17(2)27-23/h3-11,14-15,19H,12-13H2,1-2H3/b20-14+,21-15+. The van der Waals surface area contributed by atoms with E-state index in [2.05, 4.69) is 12.1 Å². The molecule has 0 atom stereocenters. The summed E-state index contributed by atoms with van der Waals surface area (Å²) in [5.41, 5.74) is 2.80. The Morgan fingerprint density at radius 3 is 1.74 bits per heavy atom. The lowest BCUT2D eigenvalue weighted by Crippen LogP contribution is -2.18. The number of hydrogen-bond donors (Lipinski definition) is 0. The third kappa shape index (κ3) is 3.87. The summed E-state index contributed by atoms with van der Waals surface area (Å²) in [5.74, 6) is 3.45. The first-order valence-electron chi connectivity index (χ1n) is 9.22. The molecule has 0 bridgehead atoms. The minimum absolute atomic E-state index is 0.0743. The van der Waals surface area contributed by atoms with Crippen molar-refractivity contribution in [3.63, 3.8) is 0 Å². The number of carbonyl (C=O) groups excluding carboxylic acids is 1. The van der Waals surface area contributed by atoms with Gasteiger partial charge in [0, 0.05) is 11.1 Å². The Balaban J connectivity index is 1.73. The Kier molecular flexibility index (Phi) is 4.68. The third-order valence-electron chi connectivity index (χ3n) is 4.94. The molecule has 3 aromatic rings. The van der Waals surface area contributed by atoms with Crippen molar-refractivity contribution in [3.05, 3.63) is 94.3 Å². The van der Waals surface area contributed by atoms with Crippen LogP contribution in [-0.4, -0.2) is 5.78 Å². The first kappa shape index (κ1) is 17.3. The Bertz CT molecular complexity index is 953. The SMILES string of the molecule is Cc1ccc(/C=C2\CC(c3ccccc3)C/C(=C\c3ccc(C)o3)C2=O)o1. The van der Waals surface area contributed by atoms with E-state index in [0.717, 1.165) is 34.2 Å². The number of furan rings is 2. The minimum Gasteiger partial charge on any atom is -0.462 e. The van der Waals surface area contributed by atoms with Gasteiger partial charge in [-0.2, -0.15) is 0 Å². The van der Waals surface area contributed by atoms with Crippen molar-refractivity contribution in [1.29, 1.82) is 0 Å². The zero-order valence-corrected chi connectivity index (χ0v) is 15.6. The van der Waals surface area contributed by atoms with Gasteiger partial charge < -0.3 is 8.83 Å². The van der Waals surface area contributed by atoms with Crippen LogP contribution in [0.25, 0.3) is 12.2 Å². The van der Waals surface area contributed by atoms with E-state index < -0.39 is 0 Å². The van der Waals surface area contributed by atoms with Crippen LogP contribution in [0.15, 0.2) is 74.6 Å². The number of allylic oxidation sites excluding steroid dienone is 2. The molecule has 0 saturated heterocycles. The summed E-state index contributed by atoms with van der Waals surface area (Å²) in [6.45, 7) is 3.81. The highest BCUT2D eigenvalue weighted by atomic mass is 16.3. The molecule has 1 aromatic carbocycles. The van der Waals surface area contributed by atoms with Gasteiger partial charge in [0.1, 0.15) is 23.0 Å². The molecule has 0 radical (unpaired) electrons. The molecule has 2 aromatic heterocycles. The molecular formula is C24H22O3. The predicted molar refractivity (Wildman–Crippen MR) is 106 cm³/mol. The molecule has 0 amide bonds. The molecule has 3 nitrogen and oxygen atoms in total. The monoisotopic (exact) mass is 358 g/mol. The van der Waals surface area contributed by atoms with E-state index in [-0.39, 0.29) is 11.7 Å². The lowest BCUT2D eigenvalue weighted by atomic mass is 9.77. The largest absolute Gasteiger partial charge is 0.462 e. The van der Waals surface area contributed by atoms with Crippen molar-refractivity contribution in [2.75, 3.05) is 0 Å². The van der Waals surface area contributed by atoms with Crippen LogP contribution < -0.4 is 0 Å². The second-order valence-corrected chi connectivity index (χ2v) is 7.08. The average Bonchev–Trinajstić information content (AvgIpc) is 3.27. The van der Waals surface area contributed by atoms with Crippen molar-refractivity contribution in [2.24, 2.45) is 0 Å². The van der Waals surface area contributed by atoms with Gasteiger partial charge in [0.2, 0.25) is 0 Å². The molecule has 3 heteroatoms. The fourth-order valence-electron chi connectivity index (χ4n) is 3.61. The van der Waals surface area contributed by atoms with Crippen LogP contribution in [-0.2, 0) is 4.79 Å². The minimum atomic E-state index is 0.0743. The number of aryl methyl sites for hydroxylation is 2. The molecular weight excluding hydrogens is 336 g/mol. The predicted octanol–water partition coefficient (Wildman–Crippen LogP) is 6.10.